The fraction of sp³-hybridized carbons (Fsp3) is 0.412. The van der Waals surface area contributed by atoms with Crippen molar-refractivity contribution in [3.8, 4) is 5.69 Å². The average molecular weight is 364 g/mol. The summed E-state index contributed by atoms with van der Waals surface area (Å²) in [6.45, 7) is 8.95. The molecule has 1 atom stereocenters. The minimum absolute atomic E-state index is 0.0205. The highest BCUT2D eigenvalue weighted by Crippen LogP contribution is 2.20. The Morgan fingerprint density at radius 2 is 1.88 bits per heavy atom. The number of aromatic nitrogens is 3. The van der Waals surface area contributed by atoms with Crippen molar-refractivity contribution in [1.82, 2.24) is 25.4 Å². The first kappa shape index (κ1) is 18.9. The second-order valence-corrected chi connectivity index (χ2v) is 7.19. The molecule has 0 spiro atoms. The molecule has 2 N–H and O–H groups in total. The van der Waals surface area contributed by atoms with E-state index in [-0.39, 0.29) is 17.3 Å². The van der Waals surface area contributed by atoms with Gasteiger partial charge in [-0.05, 0) is 46.8 Å². The van der Waals surface area contributed by atoms with E-state index in [0.29, 0.717) is 16.5 Å². The molecule has 8 heteroatoms. The molecule has 1 heterocycles. The molecule has 134 valence electrons. The molecule has 0 bridgehead atoms. The maximum Gasteiger partial charge on any atom is 0.291 e. The predicted molar refractivity (Wildman–Crippen MR) is 95.9 cm³/mol. The molecule has 0 fully saturated rings. The first-order valence-electron chi connectivity index (χ1n) is 7.90. The first-order chi connectivity index (χ1) is 11.6. The van der Waals surface area contributed by atoms with Gasteiger partial charge in [0.15, 0.2) is 0 Å². The standard InChI is InChI=1S/C17H22ClN5O2/c1-10(15(24)21-17(3,4)5)19-16(25)14-20-11(2)23(22-14)13-9-7-6-8-12(13)18/h6-10H,1-5H3,(H,19,25)(H,21,24). The maximum absolute atomic E-state index is 12.3. The van der Waals surface area contributed by atoms with Crippen molar-refractivity contribution in [2.45, 2.75) is 46.2 Å². The van der Waals surface area contributed by atoms with Gasteiger partial charge in [-0.1, -0.05) is 23.7 Å². The topological polar surface area (TPSA) is 88.9 Å². The quantitative estimate of drug-likeness (QED) is 0.872. The molecular formula is C17H22ClN5O2. The summed E-state index contributed by atoms with van der Waals surface area (Å²) in [7, 11) is 0. The van der Waals surface area contributed by atoms with Crippen LogP contribution in [0.1, 0.15) is 44.1 Å². The Labute approximate surface area is 151 Å². The van der Waals surface area contributed by atoms with Crippen molar-refractivity contribution < 1.29 is 9.59 Å². The zero-order chi connectivity index (χ0) is 18.8. The number of nitrogens with zero attached hydrogens (tertiary/aromatic N) is 3. The fourth-order valence-corrected chi connectivity index (χ4v) is 2.36. The third-order valence-corrected chi connectivity index (χ3v) is 3.61. The number of halogens is 1. The summed E-state index contributed by atoms with van der Waals surface area (Å²) in [6, 6.07) is 6.43. The Morgan fingerprint density at radius 1 is 1.24 bits per heavy atom. The van der Waals surface area contributed by atoms with Crippen LogP contribution in [-0.2, 0) is 4.79 Å². The van der Waals surface area contributed by atoms with Crippen molar-refractivity contribution in [2.24, 2.45) is 0 Å². The summed E-state index contributed by atoms with van der Waals surface area (Å²) < 4.78 is 1.50. The Bertz CT molecular complexity index is 795. The number of nitrogens with one attached hydrogen (secondary N) is 2. The smallest absolute Gasteiger partial charge is 0.291 e. The highest BCUT2D eigenvalue weighted by Gasteiger charge is 2.23. The molecule has 2 amide bonds. The van der Waals surface area contributed by atoms with Crippen molar-refractivity contribution in [1.29, 1.82) is 0 Å². The van der Waals surface area contributed by atoms with Gasteiger partial charge in [0.05, 0.1) is 10.7 Å². The van der Waals surface area contributed by atoms with Crippen molar-refractivity contribution >= 4 is 23.4 Å². The summed E-state index contributed by atoms with van der Waals surface area (Å²) in [6.07, 6.45) is 0. The molecule has 2 rings (SSSR count). The van der Waals surface area contributed by atoms with Crippen LogP contribution in [0.3, 0.4) is 0 Å². The highest BCUT2D eigenvalue weighted by molar-refractivity contribution is 6.32. The lowest BCUT2D eigenvalue weighted by atomic mass is 10.1. The Balaban J connectivity index is 2.15. The molecule has 0 aliphatic carbocycles. The lowest BCUT2D eigenvalue weighted by Gasteiger charge is -2.23. The van der Waals surface area contributed by atoms with Gasteiger partial charge in [-0.2, -0.15) is 0 Å². The molecule has 0 radical (unpaired) electrons. The summed E-state index contributed by atoms with van der Waals surface area (Å²) in [5, 5.41) is 10.1. The number of benzene rings is 1. The largest absolute Gasteiger partial charge is 0.350 e. The molecule has 0 saturated carbocycles. The van der Waals surface area contributed by atoms with Crippen LogP contribution in [0, 0.1) is 6.92 Å². The SMILES string of the molecule is Cc1nc(C(=O)NC(C)C(=O)NC(C)(C)C)nn1-c1ccccc1Cl. The van der Waals surface area contributed by atoms with Crippen LogP contribution >= 0.6 is 11.6 Å². The van der Waals surface area contributed by atoms with E-state index in [9.17, 15) is 9.59 Å². The number of para-hydroxylation sites is 1. The van der Waals surface area contributed by atoms with Crippen LogP contribution in [0.4, 0.5) is 0 Å². The van der Waals surface area contributed by atoms with E-state index in [1.807, 2.05) is 26.8 Å². The second-order valence-electron chi connectivity index (χ2n) is 6.78. The number of carbonyl (C=O) groups is 2. The van der Waals surface area contributed by atoms with Crippen molar-refractivity contribution in [3.05, 3.63) is 40.9 Å². The molecule has 25 heavy (non-hydrogen) atoms. The molecule has 7 nitrogen and oxygen atoms in total. The predicted octanol–water partition coefficient (Wildman–Crippen LogP) is 2.26. The zero-order valence-electron chi connectivity index (χ0n) is 14.9. The molecule has 1 aromatic carbocycles. The molecule has 0 aliphatic rings. The van der Waals surface area contributed by atoms with E-state index in [4.69, 9.17) is 11.6 Å². The average Bonchev–Trinajstić information content (AvgIpc) is 2.88. The summed E-state index contributed by atoms with van der Waals surface area (Å²) >= 11 is 6.16. The molecule has 2 aromatic rings. The molecule has 1 unspecified atom stereocenters. The maximum atomic E-state index is 12.3. The number of hydrogen-bond acceptors (Lipinski definition) is 4. The summed E-state index contributed by atoms with van der Waals surface area (Å²) in [5.41, 5.74) is 0.253. The van der Waals surface area contributed by atoms with E-state index in [2.05, 4.69) is 20.7 Å². The highest BCUT2D eigenvalue weighted by atomic mass is 35.5. The van der Waals surface area contributed by atoms with Gasteiger partial charge in [-0.25, -0.2) is 9.67 Å². The van der Waals surface area contributed by atoms with Crippen LogP contribution in [0.5, 0.6) is 0 Å². The van der Waals surface area contributed by atoms with Gasteiger partial charge in [0.25, 0.3) is 5.91 Å². The lowest BCUT2D eigenvalue weighted by Crippen LogP contribution is -2.51. The fourth-order valence-electron chi connectivity index (χ4n) is 2.14. The van der Waals surface area contributed by atoms with Gasteiger partial charge in [-0.3, -0.25) is 9.59 Å². The number of amides is 2. The number of hydrogen-bond donors (Lipinski definition) is 2. The van der Waals surface area contributed by atoms with Gasteiger partial charge in [0.1, 0.15) is 11.9 Å². The van der Waals surface area contributed by atoms with E-state index in [0.717, 1.165) is 0 Å². The van der Waals surface area contributed by atoms with Crippen LogP contribution in [0.25, 0.3) is 5.69 Å². The van der Waals surface area contributed by atoms with Gasteiger partial charge < -0.3 is 10.6 Å². The van der Waals surface area contributed by atoms with Gasteiger partial charge >= 0.3 is 0 Å². The summed E-state index contributed by atoms with van der Waals surface area (Å²) in [4.78, 5) is 28.6. The Morgan fingerprint density at radius 3 is 2.48 bits per heavy atom. The lowest BCUT2D eigenvalue weighted by molar-refractivity contribution is -0.124. The van der Waals surface area contributed by atoms with E-state index >= 15 is 0 Å². The minimum atomic E-state index is -0.709. The van der Waals surface area contributed by atoms with Gasteiger partial charge in [0.2, 0.25) is 11.7 Å². The third-order valence-electron chi connectivity index (χ3n) is 3.29. The van der Waals surface area contributed by atoms with Crippen LogP contribution in [0.15, 0.2) is 24.3 Å². The summed E-state index contributed by atoms with van der Waals surface area (Å²) in [5.74, 6) is -0.300. The van der Waals surface area contributed by atoms with Crippen LogP contribution < -0.4 is 10.6 Å². The minimum Gasteiger partial charge on any atom is -0.350 e. The van der Waals surface area contributed by atoms with Crippen LogP contribution in [-0.4, -0.2) is 38.2 Å². The van der Waals surface area contributed by atoms with E-state index in [1.54, 1.807) is 32.0 Å². The van der Waals surface area contributed by atoms with Crippen molar-refractivity contribution in [2.75, 3.05) is 0 Å². The first-order valence-corrected chi connectivity index (χ1v) is 8.28. The van der Waals surface area contributed by atoms with Gasteiger partial charge in [0, 0.05) is 5.54 Å². The second kappa shape index (κ2) is 7.23. The Hall–Kier alpha value is -2.41. The normalized spacial score (nSPS) is 12.6. The number of carbonyl (C=O) groups excluding carboxylic acids is 2. The van der Waals surface area contributed by atoms with Crippen LogP contribution in [0.2, 0.25) is 5.02 Å². The number of rotatable bonds is 4. The van der Waals surface area contributed by atoms with Crippen molar-refractivity contribution in [3.63, 3.8) is 0 Å². The third kappa shape index (κ3) is 4.79. The number of aryl methyl sites for hydroxylation is 1. The molecular weight excluding hydrogens is 342 g/mol. The molecule has 1 aromatic heterocycles. The van der Waals surface area contributed by atoms with Gasteiger partial charge in [-0.15, -0.1) is 5.10 Å². The molecule has 0 aliphatic heterocycles. The molecule has 0 saturated heterocycles. The zero-order valence-corrected chi connectivity index (χ0v) is 15.7. The van der Waals surface area contributed by atoms with E-state index < -0.39 is 11.9 Å². The Kier molecular flexibility index (Phi) is 5.47. The van der Waals surface area contributed by atoms with E-state index in [1.165, 1.54) is 4.68 Å². The monoisotopic (exact) mass is 363 g/mol.